The Morgan fingerprint density at radius 2 is 1.45 bits per heavy atom. The molecule has 1 aromatic carbocycles. The van der Waals surface area contributed by atoms with Crippen LogP contribution in [0.15, 0.2) is 35.0 Å². The second-order valence-electron chi connectivity index (χ2n) is 7.78. The van der Waals surface area contributed by atoms with Crippen molar-refractivity contribution < 1.29 is 9.85 Å². The third-order valence-corrected chi connectivity index (χ3v) is 7.47. The van der Waals surface area contributed by atoms with E-state index in [0.29, 0.717) is 33.3 Å². The molecule has 0 saturated heterocycles. The molecule has 0 spiro atoms. The number of rotatable bonds is 10. The van der Waals surface area contributed by atoms with E-state index < -0.39 is 21.2 Å². The number of hydrogen-bond donors (Lipinski definition) is 0. The van der Waals surface area contributed by atoms with Crippen molar-refractivity contribution >= 4 is 45.1 Å². The molecule has 1 unspecified atom stereocenters. The summed E-state index contributed by atoms with van der Waals surface area (Å²) < 4.78 is 0. The minimum absolute atomic E-state index is 0.157. The predicted molar refractivity (Wildman–Crippen MR) is 131 cm³/mol. The number of nitro groups is 2. The average molecular weight is 486 g/mol. The molecule has 0 N–H and O–H groups in total. The zero-order chi connectivity index (χ0) is 23.5. The Bertz CT molecular complexity index is 1190. The fourth-order valence-electron chi connectivity index (χ4n) is 4.04. The van der Waals surface area contributed by atoms with Crippen LogP contribution in [0.5, 0.6) is 0 Å². The summed E-state index contributed by atoms with van der Waals surface area (Å²) in [5, 5.41) is 37.3. The van der Waals surface area contributed by atoms with E-state index in [0.717, 1.165) is 25.7 Å². The second kappa shape index (κ2) is 9.75. The molecule has 9 nitrogen and oxygen atoms in total. The molecule has 0 bridgehead atoms. The number of nitrogens with zero attached hydrogens (tertiary/aromatic N) is 5. The molecule has 0 amide bonds. The molecule has 3 aromatic heterocycles. The fourth-order valence-corrected chi connectivity index (χ4v) is 5.58. The van der Waals surface area contributed by atoms with Crippen molar-refractivity contribution in [2.75, 3.05) is 0 Å². The van der Waals surface area contributed by atoms with Gasteiger partial charge in [-0.25, -0.2) is 0 Å². The Labute approximate surface area is 198 Å². The molecule has 1 atom stereocenters. The van der Waals surface area contributed by atoms with Crippen molar-refractivity contribution in [3.8, 4) is 20.9 Å². The number of benzene rings is 1. The van der Waals surface area contributed by atoms with Crippen LogP contribution in [-0.2, 0) is 6.54 Å². The van der Waals surface area contributed by atoms with Gasteiger partial charge in [0.1, 0.15) is 22.2 Å². The first-order valence-electron chi connectivity index (χ1n) is 10.8. The summed E-state index contributed by atoms with van der Waals surface area (Å²) in [6.07, 6.45) is 4.17. The van der Waals surface area contributed by atoms with Crippen LogP contribution in [0.2, 0.25) is 0 Å². The number of nitro benzene ring substituents is 2. The number of hydrogen-bond acceptors (Lipinski definition) is 8. The van der Waals surface area contributed by atoms with Gasteiger partial charge in [-0.2, -0.15) is 15.0 Å². The van der Waals surface area contributed by atoms with Crippen molar-refractivity contribution in [3.63, 3.8) is 0 Å². The summed E-state index contributed by atoms with van der Waals surface area (Å²) in [6.45, 7) is 4.82. The average Bonchev–Trinajstić information content (AvgIpc) is 3.56. The third kappa shape index (κ3) is 4.38. The minimum Gasteiger partial charge on any atom is -0.258 e. The van der Waals surface area contributed by atoms with Crippen LogP contribution >= 0.6 is 22.7 Å². The minimum atomic E-state index is -0.668. The van der Waals surface area contributed by atoms with E-state index in [4.69, 9.17) is 0 Å². The van der Waals surface area contributed by atoms with Gasteiger partial charge < -0.3 is 0 Å². The molecule has 0 radical (unpaired) electrons. The molecular weight excluding hydrogens is 462 g/mol. The molecule has 172 valence electrons. The summed E-state index contributed by atoms with van der Waals surface area (Å²) in [4.78, 5) is 25.8. The molecule has 33 heavy (non-hydrogen) atoms. The van der Waals surface area contributed by atoms with E-state index in [-0.39, 0.29) is 11.1 Å². The Morgan fingerprint density at radius 1 is 0.939 bits per heavy atom. The first-order valence-corrected chi connectivity index (χ1v) is 12.5. The maximum Gasteiger partial charge on any atom is 0.357 e. The van der Waals surface area contributed by atoms with Crippen molar-refractivity contribution in [1.29, 1.82) is 0 Å². The quantitative estimate of drug-likeness (QED) is 0.178. The summed E-state index contributed by atoms with van der Waals surface area (Å²) in [5.74, 6) is 0.354. The van der Waals surface area contributed by atoms with Crippen LogP contribution in [0, 0.1) is 26.1 Å². The van der Waals surface area contributed by atoms with Gasteiger partial charge in [0.2, 0.25) is 0 Å². The molecule has 0 aliphatic heterocycles. The van der Waals surface area contributed by atoms with E-state index in [9.17, 15) is 20.2 Å². The van der Waals surface area contributed by atoms with E-state index in [2.05, 4.69) is 24.0 Å². The number of aromatic nitrogens is 3. The van der Waals surface area contributed by atoms with Gasteiger partial charge in [0.25, 0.3) is 0 Å². The van der Waals surface area contributed by atoms with E-state index in [1.165, 1.54) is 22.7 Å². The van der Waals surface area contributed by atoms with Crippen LogP contribution in [-0.4, -0.2) is 24.8 Å². The third-order valence-electron chi connectivity index (χ3n) is 5.69. The number of unbranched alkanes of at least 4 members (excludes halogenated alkanes) is 1. The summed E-state index contributed by atoms with van der Waals surface area (Å²) in [7, 11) is 0. The molecule has 3 heterocycles. The van der Waals surface area contributed by atoms with Crippen molar-refractivity contribution in [3.05, 3.63) is 55.3 Å². The van der Waals surface area contributed by atoms with Crippen molar-refractivity contribution in [2.45, 2.75) is 46.1 Å². The lowest BCUT2D eigenvalue weighted by Crippen LogP contribution is -2.12. The molecule has 0 fully saturated rings. The van der Waals surface area contributed by atoms with Gasteiger partial charge in [-0.1, -0.05) is 45.2 Å². The maximum atomic E-state index is 12.2. The molecule has 11 heteroatoms. The highest BCUT2D eigenvalue weighted by molar-refractivity contribution is 7.14. The van der Waals surface area contributed by atoms with Gasteiger partial charge in [0.05, 0.1) is 16.4 Å². The van der Waals surface area contributed by atoms with Gasteiger partial charge in [0.15, 0.2) is 0 Å². The van der Waals surface area contributed by atoms with Crippen molar-refractivity contribution in [2.24, 2.45) is 5.92 Å². The summed E-state index contributed by atoms with van der Waals surface area (Å²) >= 11 is 2.57. The van der Waals surface area contributed by atoms with Gasteiger partial charge in [-0.15, -0.1) is 22.7 Å². The molecule has 4 rings (SSSR count). The Balaban J connectivity index is 2.05. The van der Waals surface area contributed by atoms with Crippen LogP contribution in [0.1, 0.15) is 39.5 Å². The van der Waals surface area contributed by atoms with Crippen LogP contribution in [0.3, 0.4) is 0 Å². The predicted octanol–water partition coefficient (Wildman–Crippen LogP) is 6.92. The SMILES string of the molecule is CCCCC(CC)Cn1nc2c(-c3cccs3)c([N+](=O)[O-])c([N+](=O)[O-])c(-c3cccs3)c2n1. The van der Waals surface area contributed by atoms with Crippen LogP contribution in [0.25, 0.3) is 31.9 Å². The lowest BCUT2D eigenvalue weighted by atomic mass is 10.00. The maximum absolute atomic E-state index is 12.2. The van der Waals surface area contributed by atoms with Gasteiger partial charge >= 0.3 is 11.4 Å². The van der Waals surface area contributed by atoms with E-state index in [1.807, 2.05) is 0 Å². The van der Waals surface area contributed by atoms with Gasteiger partial charge in [-0.05, 0) is 35.2 Å². The topological polar surface area (TPSA) is 117 Å². The lowest BCUT2D eigenvalue weighted by molar-refractivity contribution is -0.421. The van der Waals surface area contributed by atoms with Crippen LogP contribution in [0.4, 0.5) is 11.4 Å². The molecule has 0 aliphatic rings. The highest BCUT2D eigenvalue weighted by Crippen LogP contribution is 2.50. The second-order valence-corrected chi connectivity index (χ2v) is 9.68. The fraction of sp³-hybridized carbons (Fsp3) is 0.364. The zero-order valence-corrected chi connectivity index (χ0v) is 19.9. The zero-order valence-electron chi connectivity index (χ0n) is 18.3. The Hall–Kier alpha value is -3.18. The molecular formula is C22H23N5O4S2. The molecule has 0 saturated carbocycles. The molecule has 0 aliphatic carbocycles. The normalized spacial score (nSPS) is 12.3. The first kappa shape index (κ1) is 23.0. The Kier molecular flexibility index (Phi) is 6.80. The number of thiophene rings is 2. The van der Waals surface area contributed by atoms with Gasteiger partial charge in [0, 0.05) is 9.75 Å². The van der Waals surface area contributed by atoms with Crippen molar-refractivity contribution in [1.82, 2.24) is 15.0 Å². The lowest BCUT2D eigenvalue weighted by Gasteiger charge is -2.12. The smallest absolute Gasteiger partial charge is 0.258 e. The van der Waals surface area contributed by atoms with E-state index >= 15 is 0 Å². The highest BCUT2D eigenvalue weighted by Gasteiger charge is 2.39. The van der Waals surface area contributed by atoms with Crippen LogP contribution < -0.4 is 0 Å². The Morgan fingerprint density at radius 3 is 1.82 bits per heavy atom. The monoisotopic (exact) mass is 485 g/mol. The number of fused-ring (bicyclic) bond motifs is 1. The molecule has 4 aromatic rings. The summed E-state index contributed by atoms with van der Waals surface area (Å²) in [5.41, 5.74) is -0.117. The first-order chi connectivity index (χ1) is 16.0. The van der Waals surface area contributed by atoms with E-state index in [1.54, 1.807) is 39.8 Å². The summed E-state index contributed by atoms with van der Waals surface area (Å²) in [6, 6.07) is 6.96. The highest BCUT2D eigenvalue weighted by atomic mass is 32.1. The van der Waals surface area contributed by atoms with Gasteiger partial charge in [-0.3, -0.25) is 20.2 Å². The standard InChI is InChI=1S/C22H23N5O4S2/c1-3-5-8-14(4-2)13-25-23-19-17(15-9-6-11-32-15)21(26(28)29)22(27(30)31)18(20(19)24-25)16-10-7-12-33-16/h6-7,9-12,14H,3-5,8,13H2,1-2H3. The largest absolute Gasteiger partial charge is 0.357 e.